The van der Waals surface area contributed by atoms with Crippen LogP contribution in [0.15, 0.2) is 6.33 Å². The van der Waals surface area contributed by atoms with Crippen LogP contribution in [0.4, 0.5) is 0 Å². The number of rotatable bonds is 1. The predicted molar refractivity (Wildman–Crippen MR) is 57.0 cm³/mol. The van der Waals surface area contributed by atoms with E-state index in [1.54, 1.807) is 6.33 Å². The van der Waals surface area contributed by atoms with Crippen LogP contribution >= 0.6 is 0 Å². The molecule has 1 aliphatic heterocycles. The number of carbonyl (C=O) groups is 1. The molecule has 2 heterocycles. The maximum atomic E-state index is 11.1. The highest BCUT2D eigenvalue weighted by atomic mass is 16.4. The van der Waals surface area contributed by atoms with Crippen molar-refractivity contribution in [3.63, 3.8) is 0 Å². The minimum atomic E-state index is -0.772. The molecule has 1 saturated carbocycles. The lowest BCUT2D eigenvalue weighted by Gasteiger charge is -2.37. The molecule has 0 unspecified atom stereocenters. The van der Waals surface area contributed by atoms with Crippen molar-refractivity contribution in [1.29, 1.82) is 0 Å². The lowest BCUT2D eigenvalue weighted by molar-refractivity contribution is -0.140. The number of hydrogen-bond donors (Lipinski definition) is 3. The molecular weight excluding hydrogens is 206 g/mol. The Morgan fingerprint density at radius 3 is 2.94 bits per heavy atom. The molecule has 0 saturated heterocycles. The van der Waals surface area contributed by atoms with E-state index in [0.29, 0.717) is 6.42 Å². The zero-order valence-corrected chi connectivity index (χ0v) is 8.99. The highest BCUT2D eigenvalue weighted by Crippen LogP contribution is 2.41. The minimum absolute atomic E-state index is 0.184. The van der Waals surface area contributed by atoms with Crippen LogP contribution in [-0.2, 0) is 16.8 Å². The SMILES string of the molecule is O=C(O)[C@H]1Cc2[nH]cnc2C2(CCCC2)N1. The third kappa shape index (κ3) is 1.28. The number of nitrogens with zero attached hydrogens (tertiary/aromatic N) is 1. The van der Waals surface area contributed by atoms with Crippen LogP contribution in [0.5, 0.6) is 0 Å². The van der Waals surface area contributed by atoms with Crippen LogP contribution in [0.25, 0.3) is 0 Å². The second-order valence-electron chi connectivity index (χ2n) is 4.76. The van der Waals surface area contributed by atoms with E-state index < -0.39 is 12.0 Å². The second kappa shape index (κ2) is 3.31. The third-order valence-corrected chi connectivity index (χ3v) is 3.79. The Kier molecular flexibility index (Phi) is 2.04. The van der Waals surface area contributed by atoms with Gasteiger partial charge in [-0.1, -0.05) is 12.8 Å². The van der Waals surface area contributed by atoms with Gasteiger partial charge >= 0.3 is 5.97 Å². The fraction of sp³-hybridized carbons (Fsp3) is 0.636. The molecule has 1 aromatic heterocycles. The van der Waals surface area contributed by atoms with Crippen LogP contribution < -0.4 is 5.32 Å². The molecule has 1 atom stereocenters. The first-order valence-electron chi connectivity index (χ1n) is 5.74. The first-order valence-corrected chi connectivity index (χ1v) is 5.74. The average Bonchev–Trinajstić information content (AvgIpc) is 2.87. The lowest BCUT2D eigenvalue weighted by Crippen LogP contribution is -2.54. The zero-order chi connectivity index (χ0) is 11.2. The maximum Gasteiger partial charge on any atom is 0.321 e. The Morgan fingerprint density at radius 2 is 2.25 bits per heavy atom. The number of fused-ring (bicyclic) bond motifs is 2. The van der Waals surface area contributed by atoms with Crippen molar-refractivity contribution in [2.24, 2.45) is 0 Å². The number of H-pyrrole nitrogens is 1. The summed E-state index contributed by atoms with van der Waals surface area (Å²) in [4.78, 5) is 18.6. The molecule has 3 N–H and O–H groups in total. The van der Waals surface area contributed by atoms with Gasteiger partial charge in [-0.2, -0.15) is 0 Å². The van der Waals surface area contributed by atoms with Gasteiger partial charge in [0.15, 0.2) is 0 Å². The van der Waals surface area contributed by atoms with E-state index in [0.717, 1.165) is 37.1 Å². The van der Waals surface area contributed by atoms with Gasteiger partial charge < -0.3 is 10.1 Å². The Bertz CT molecular complexity index is 421. The molecule has 0 bridgehead atoms. The van der Waals surface area contributed by atoms with Gasteiger partial charge in [0.25, 0.3) is 0 Å². The number of aromatic amines is 1. The van der Waals surface area contributed by atoms with Crippen molar-refractivity contribution < 1.29 is 9.90 Å². The van der Waals surface area contributed by atoms with Crippen molar-refractivity contribution in [3.05, 3.63) is 17.7 Å². The standard InChI is InChI=1S/C11H15N3O2/c15-10(16)8-5-7-9(13-6-12-7)11(14-8)3-1-2-4-11/h6,8,14H,1-5H2,(H,12,13)(H,15,16)/t8-/m1/s1. The highest BCUT2D eigenvalue weighted by Gasteiger charge is 2.45. The van der Waals surface area contributed by atoms with Gasteiger partial charge in [-0.25, -0.2) is 4.98 Å². The number of imidazole rings is 1. The van der Waals surface area contributed by atoms with Crippen LogP contribution in [0.3, 0.4) is 0 Å². The highest BCUT2D eigenvalue weighted by molar-refractivity contribution is 5.74. The molecule has 3 rings (SSSR count). The van der Waals surface area contributed by atoms with Crippen LogP contribution in [0.2, 0.25) is 0 Å². The molecule has 1 aromatic rings. The molecule has 2 aliphatic rings. The Hall–Kier alpha value is -1.36. The number of hydrogen-bond acceptors (Lipinski definition) is 3. The van der Waals surface area contributed by atoms with Crippen molar-refractivity contribution >= 4 is 5.97 Å². The predicted octanol–water partition coefficient (Wildman–Crippen LogP) is 0.778. The summed E-state index contributed by atoms with van der Waals surface area (Å²) in [5.74, 6) is -0.772. The lowest BCUT2D eigenvalue weighted by atomic mass is 9.85. The van der Waals surface area contributed by atoms with E-state index >= 15 is 0 Å². The zero-order valence-electron chi connectivity index (χ0n) is 8.99. The average molecular weight is 221 g/mol. The molecule has 5 heteroatoms. The van der Waals surface area contributed by atoms with Crippen LogP contribution in [0, 0.1) is 0 Å². The molecule has 0 aromatic carbocycles. The normalized spacial score (nSPS) is 26.9. The topological polar surface area (TPSA) is 78.0 Å². The van der Waals surface area contributed by atoms with Gasteiger partial charge in [0.1, 0.15) is 6.04 Å². The summed E-state index contributed by atoms with van der Waals surface area (Å²) in [5.41, 5.74) is 1.85. The number of carboxylic acid groups (broad SMARTS) is 1. The van der Waals surface area contributed by atoms with E-state index in [1.165, 1.54) is 0 Å². The van der Waals surface area contributed by atoms with E-state index in [2.05, 4.69) is 15.3 Å². The van der Waals surface area contributed by atoms with Crippen molar-refractivity contribution in [3.8, 4) is 0 Å². The summed E-state index contributed by atoms with van der Waals surface area (Å²) >= 11 is 0. The third-order valence-electron chi connectivity index (χ3n) is 3.79. The number of aliphatic carboxylic acids is 1. The molecule has 0 radical (unpaired) electrons. The number of nitrogens with one attached hydrogen (secondary N) is 2. The fourth-order valence-corrected chi connectivity index (χ4v) is 3.05. The molecular formula is C11H15N3O2. The molecule has 5 nitrogen and oxygen atoms in total. The molecule has 1 fully saturated rings. The quantitative estimate of drug-likeness (QED) is 0.654. The maximum absolute atomic E-state index is 11.1. The summed E-state index contributed by atoms with van der Waals surface area (Å²) in [7, 11) is 0. The second-order valence-corrected chi connectivity index (χ2v) is 4.76. The van der Waals surface area contributed by atoms with E-state index in [-0.39, 0.29) is 5.54 Å². The van der Waals surface area contributed by atoms with Gasteiger partial charge in [0.2, 0.25) is 0 Å². The summed E-state index contributed by atoms with van der Waals surface area (Å²) < 4.78 is 0. The first-order chi connectivity index (χ1) is 7.71. The van der Waals surface area contributed by atoms with Gasteiger partial charge in [0.05, 0.1) is 17.6 Å². The Morgan fingerprint density at radius 1 is 1.50 bits per heavy atom. The van der Waals surface area contributed by atoms with Crippen molar-refractivity contribution in [1.82, 2.24) is 15.3 Å². The van der Waals surface area contributed by atoms with Crippen molar-refractivity contribution in [2.75, 3.05) is 0 Å². The first kappa shape index (κ1) is 9.84. The van der Waals surface area contributed by atoms with Crippen molar-refractivity contribution in [2.45, 2.75) is 43.7 Å². The van der Waals surface area contributed by atoms with E-state index in [9.17, 15) is 4.79 Å². The summed E-state index contributed by atoms with van der Waals surface area (Å²) in [5, 5.41) is 12.4. The smallest absolute Gasteiger partial charge is 0.321 e. The monoisotopic (exact) mass is 221 g/mol. The minimum Gasteiger partial charge on any atom is -0.480 e. The molecule has 0 amide bonds. The Labute approximate surface area is 93.3 Å². The van der Waals surface area contributed by atoms with E-state index in [4.69, 9.17) is 5.11 Å². The van der Waals surface area contributed by atoms with E-state index in [1.807, 2.05) is 0 Å². The molecule has 1 spiro atoms. The molecule has 16 heavy (non-hydrogen) atoms. The number of aromatic nitrogens is 2. The molecule has 86 valence electrons. The number of carboxylic acids is 1. The largest absolute Gasteiger partial charge is 0.480 e. The van der Waals surface area contributed by atoms with Gasteiger partial charge in [-0.15, -0.1) is 0 Å². The fourth-order valence-electron chi connectivity index (χ4n) is 3.05. The Balaban J connectivity index is 2.03. The molecule has 1 aliphatic carbocycles. The van der Waals surface area contributed by atoms with Gasteiger partial charge in [-0.3, -0.25) is 10.1 Å². The van der Waals surface area contributed by atoms with Crippen LogP contribution in [-0.4, -0.2) is 27.1 Å². The summed E-state index contributed by atoms with van der Waals surface area (Å²) in [6.07, 6.45) is 6.46. The van der Waals surface area contributed by atoms with Gasteiger partial charge in [0, 0.05) is 12.1 Å². The van der Waals surface area contributed by atoms with Crippen LogP contribution in [0.1, 0.15) is 37.1 Å². The van der Waals surface area contributed by atoms with Gasteiger partial charge in [-0.05, 0) is 12.8 Å². The summed E-state index contributed by atoms with van der Waals surface area (Å²) in [6.45, 7) is 0. The summed E-state index contributed by atoms with van der Waals surface area (Å²) in [6, 6.07) is -0.481.